The molecule has 0 aliphatic heterocycles. The highest BCUT2D eigenvalue weighted by Crippen LogP contribution is 2.10. The summed E-state index contributed by atoms with van der Waals surface area (Å²) in [5, 5.41) is 9.39. The summed E-state index contributed by atoms with van der Waals surface area (Å²) in [5.74, 6) is 0.494. The zero-order valence-electron chi connectivity index (χ0n) is 8.71. The molecule has 0 rings (SSSR count). The Hall–Kier alpha value is -0.0800. The fraction of sp³-hybridized carbons (Fsp3) is 1.00. The lowest BCUT2D eigenvalue weighted by atomic mass is 10.1. The first-order valence-corrected chi connectivity index (χ1v) is 4.89. The van der Waals surface area contributed by atoms with Crippen LogP contribution in [-0.2, 0) is 4.74 Å². The van der Waals surface area contributed by atoms with Crippen LogP contribution in [0, 0.1) is 5.92 Å². The van der Waals surface area contributed by atoms with Gasteiger partial charge in [0, 0.05) is 6.42 Å². The molecule has 2 heteroatoms. The lowest BCUT2D eigenvalue weighted by Crippen LogP contribution is -2.20. The summed E-state index contributed by atoms with van der Waals surface area (Å²) in [6.45, 7) is 8.29. The van der Waals surface area contributed by atoms with E-state index < -0.39 is 6.29 Å². The van der Waals surface area contributed by atoms with Gasteiger partial charge in [0.2, 0.25) is 0 Å². The van der Waals surface area contributed by atoms with Gasteiger partial charge in [-0.1, -0.05) is 27.2 Å². The van der Waals surface area contributed by atoms with Crippen LogP contribution in [-0.4, -0.2) is 17.5 Å². The quantitative estimate of drug-likeness (QED) is 0.627. The van der Waals surface area contributed by atoms with Crippen molar-refractivity contribution in [2.45, 2.75) is 59.4 Å². The Morgan fingerprint density at radius 2 is 1.83 bits per heavy atom. The van der Waals surface area contributed by atoms with Gasteiger partial charge in [-0.3, -0.25) is 0 Å². The van der Waals surface area contributed by atoms with Crippen molar-refractivity contribution in [2.75, 3.05) is 0 Å². The van der Waals surface area contributed by atoms with Crippen LogP contribution in [0.2, 0.25) is 0 Å². The highest BCUT2D eigenvalue weighted by Gasteiger charge is 2.10. The number of hydrogen-bond acceptors (Lipinski definition) is 2. The first-order valence-electron chi connectivity index (χ1n) is 4.89. The van der Waals surface area contributed by atoms with E-state index in [2.05, 4.69) is 20.8 Å². The summed E-state index contributed by atoms with van der Waals surface area (Å²) < 4.78 is 5.36. The summed E-state index contributed by atoms with van der Waals surface area (Å²) in [5.41, 5.74) is 0. The fourth-order valence-corrected chi connectivity index (χ4v) is 1.20. The zero-order chi connectivity index (χ0) is 9.56. The minimum atomic E-state index is -0.577. The van der Waals surface area contributed by atoms with Gasteiger partial charge in [-0.15, -0.1) is 0 Å². The molecule has 0 fully saturated rings. The predicted molar refractivity (Wildman–Crippen MR) is 50.9 cm³/mol. The van der Waals surface area contributed by atoms with E-state index in [1.165, 1.54) is 0 Å². The van der Waals surface area contributed by atoms with E-state index in [1.54, 1.807) is 0 Å². The van der Waals surface area contributed by atoms with Crippen molar-refractivity contribution in [2.24, 2.45) is 5.92 Å². The third-order valence-corrected chi connectivity index (χ3v) is 1.76. The normalized spacial score (nSPS) is 16.5. The standard InChI is InChI=1S/C10H22O2/c1-5-6-9(4)12-10(11)7-8(2)3/h8-11H,5-7H2,1-4H3. The Balaban J connectivity index is 3.46. The molecule has 12 heavy (non-hydrogen) atoms. The highest BCUT2D eigenvalue weighted by molar-refractivity contribution is 4.53. The molecule has 0 amide bonds. The van der Waals surface area contributed by atoms with Crippen LogP contribution in [0.15, 0.2) is 0 Å². The molecule has 0 saturated heterocycles. The summed E-state index contributed by atoms with van der Waals surface area (Å²) >= 11 is 0. The molecule has 0 spiro atoms. The molecule has 0 heterocycles. The molecule has 0 bridgehead atoms. The van der Waals surface area contributed by atoms with Crippen molar-refractivity contribution in [1.82, 2.24) is 0 Å². The smallest absolute Gasteiger partial charge is 0.155 e. The van der Waals surface area contributed by atoms with E-state index in [-0.39, 0.29) is 6.10 Å². The molecule has 0 saturated carbocycles. The van der Waals surface area contributed by atoms with Crippen molar-refractivity contribution in [3.05, 3.63) is 0 Å². The van der Waals surface area contributed by atoms with Crippen LogP contribution >= 0.6 is 0 Å². The number of aliphatic hydroxyl groups is 1. The maximum Gasteiger partial charge on any atom is 0.155 e. The molecule has 1 N–H and O–H groups in total. The van der Waals surface area contributed by atoms with Crippen LogP contribution in [0.25, 0.3) is 0 Å². The summed E-state index contributed by atoms with van der Waals surface area (Å²) in [4.78, 5) is 0. The third-order valence-electron chi connectivity index (χ3n) is 1.76. The van der Waals surface area contributed by atoms with Gasteiger partial charge in [-0.25, -0.2) is 0 Å². The van der Waals surface area contributed by atoms with Gasteiger partial charge in [0.05, 0.1) is 6.10 Å². The molecule has 0 aromatic carbocycles. The van der Waals surface area contributed by atoms with Gasteiger partial charge in [0.15, 0.2) is 6.29 Å². The van der Waals surface area contributed by atoms with Crippen molar-refractivity contribution in [3.8, 4) is 0 Å². The Morgan fingerprint density at radius 1 is 1.25 bits per heavy atom. The minimum absolute atomic E-state index is 0.184. The molecular weight excluding hydrogens is 152 g/mol. The lowest BCUT2D eigenvalue weighted by molar-refractivity contribution is -0.140. The molecule has 74 valence electrons. The van der Waals surface area contributed by atoms with E-state index >= 15 is 0 Å². The zero-order valence-corrected chi connectivity index (χ0v) is 8.71. The fourth-order valence-electron chi connectivity index (χ4n) is 1.20. The topological polar surface area (TPSA) is 29.5 Å². The van der Waals surface area contributed by atoms with Crippen molar-refractivity contribution < 1.29 is 9.84 Å². The maximum absolute atomic E-state index is 9.39. The van der Waals surface area contributed by atoms with Gasteiger partial charge in [0.25, 0.3) is 0 Å². The summed E-state index contributed by atoms with van der Waals surface area (Å²) in [6, 6.07) is 0. The molecule has 0 aromatic rings. The second-order valence-electron chi connectivity index (χ2n) is 3.82. The number of aliphatic hydroxyl groups excluding tert-OH is 1. The molecule has 0 aliphatic carbocycles. The molecule has 2 unspecified atom stereocenters. The molecular formula is C10H22O2. The Bertz CT molecular complexity index is 102. The molecule has 0 radical (unpaired) electrons. The predicted octanol–water partition coefficient (Wildman–Crippen LogP) is 2.56. The van der Waals surface area contributed by atoms with Gasteiger partial charge < -0.3 is 9.84 Å². The van der Waals surface area contributed by atoms with Gasteiger partial charge >= 0.3 is 0 Å². The Labute approximate surface area is 75.9 Å². The molecule has 2 atom stereocenters. The Kier molecular flexibility index (Phi) is 6.39. The van der Waals surface area contributed by atoms with Crippen molar-refractivity contribution >= 4 is 0 Å². The third kappa shape index (κ3) is 6.62. The number of rotatable bonds is 6. The SMILES string of the molecule is CCCC(C)OC(O)CC(C)C. The van der Waals surface area contributed by atoms with Crippen molar-refractivity contribution in [3.63, 3.8) is 0 Å². The van der Waals surface area contributed by atoms with Crippen molar-refractivity contribution in [1.29, 1.82) is 0 Å². The highest BCUT2D eigenvalue weighted by atomic mass is 16.6. The number of hydrogen-bond donors (Lipinski definition) is 1. The van der Waals surface area contributed by atoms with E-state index in [9.17, 15) is 5.11 Å². The molecule has 2 nitrogen and oxygen atoms in total. The minimum Gasteiger partial charge on any atom is -0.368 e. The van der Waals surface area contributed by atoms with Crippen LogP contribution < -0.4 is 0 Å². The van der Waals surface area contributed by atoms with Crippen LogP contribution in [0.1, 0.15) is 47.0 Å². The molecule has 0 aromatic heterocycles. The second kappa shape index (κ2) is 6.44. The van der Waals surface area contributed by atoms with Gasteiger partial charge in [-0.2, -0.15) is 0 Å². The summed E-state index contributed by atoms with van der Waals surface area (Å²) in [6.07, 6.45) is 2.47. The van der Waals surface area contributed by atoms with Crippen LogP contribution in [0.5, 0.6) is 0 Å². The van der Waals surface area contributed by atoms with E-state index in [4.69, 9.17) is 4.74 Å². The van der Waals surface area contributed by atoms with Crippen LogP contribution in [0.3, 0.4) is 0 Å². The van der Waals surface area contributed by atoms with Gasteiger partial charge in [0.1, 0.15) is 0 Å². The Morgan fingerprint density at radius 3 is 2.25 bits per heavy atom. The van der Waals surface area contributed by atoms with Crippen LogP contribution in [0.4, 0.5) is 0 Å². The van der Waals surface area contributed by atoms with E-state index in [1.807, 2.05) is 6.92 Å². The lowest BCUT2D eigenvalue weighted by Gasteiger charge is -2.18. The first-order chi connectivity index (χ1) is 5.56. The molecule has 0 aliphatic rings. The second-order valence-corrected chi connectivity index (χ2v) is 3.82. The monoisotopic (exact) mass is 174 g/mol. The largest absolute Gasteiger partial charge is 0.368 e. The van der Waals surface area contributed by atoms with Gasteiger partial charge in [-0.05, 0) is 19.3 Å². The first kappa shape index (κ1) is 11.9. The summed E-state index contributed by atoms with van der Waals surface area (Å²) in [7, 11) is 0. The van der Waals surface area contributed by atoms with E-state index in [0.29, 0.717) is 5.92 Å². The average molecular weight is 174 g/mol. The average Bonchev–Trinajstić information content (AvgIpc) is 1.84. The van der Waals surface area contributed by atoms with E-state index in [0.717, 1.165) is 19.3 Å². The number of ether oxygens (including phenoxy) is 1. The maximum atomic E-state index is 9.39.